The average molecular weight is 273 g/mol. The molecule has 5 heteroatoms. The Balaban J connectivity index is 1.88. The molecule has 5 nitrogen and oxygen atoms in total. The number of carbonyl (C=O) groups is 1. The average Bonchev–Trinajstić information content (AvgIpc) is 2.89. The second kappa shape index (κ2) is 5.63. The fourth-order valence-corrected chi connectivity index (χ4v) is 2.81. The molecule has 3 rings (SSSR count). The van der Waals surface area contributed by atoms with Crippen molar-refractivity contribution in [2.24, 2.45) is 5.92 Å². The number of nitrogens with zero attached hydrogens (tertiary/aromatic N) is 2. The highest BCUT2D eigenvalue weighted by molar-refractivity contribution is 5.95. The van der Waals surface area contributed by atoms with Crippen LogP contribution in [-0.4, -0.2) is 35.6 Å². The predicted molar refractivity (Wildman–Crippen MR) is 75.8 cm³/mol. The van der Waals surface area contributed by atoms with Crippen LogP contribution in [0.5, 0.6) is 0 Å². The van der Waals surface area contributed by atoms with Gasteiger partial charge < -0.3 is 14.5 Å². The third kappa shape index (κ3) is 2.54. The number of rotatable bonds is 3. The summed E-state index contributed by atoms with van der Waals surface area (Å²) in [7, 11) is 1.39. The molecule has 0 aromatic carbocycles. The Morgan fingerprint density at radius 1 is 1.50 bits per heavy atom. The molecule has 0 saturated carbocycles. The quantitative estimate of drug-likeness (QED) is 0.864. The smallest absolute Gasteiger partial charge is 0.341 e. The first-order valence-corrected chi connectivity index (χ1v) is 7.03. The van der Waals surface area contributed by atoms with E-state index in [2.05, 4.69) is 10.3 Å². The third-order valence-corrected chi connectivity index (χ3v) is 3.89. The maximum Gasteiger partial charge on any atom is 0.341 e. The molecule has 0 spiro atoms. The number of nitrogens with one attached hydrogen (secondary N) is 1. The first kappa shape index (κ1) is 13.1. The number of imidazole rings is 1. The first-order chi connectivity index (χ1) is 9.78. The maximum atomic E-state index is 11.7. The van der Waals surface area contributed by atoms with E-state index in [-0.39, 0.29) is 5.97 Å². The van der Waals surface area contributed by atoms with Crippen LogP contribution >= 0.6 is 0 Å². The molecule has 2 aromatic rings. The zero-order valence-corrected chi connectivity index (χ0v) is 11.6. The van der Waals surface area contributed by atoms with Crippen molar-refractivity contribution in [1.29, 1.82) is 0 Å². The largest absolute Gasteiger partial charge is 0.465 e. The number of fused-ring (bicyclic) bond motifs is 1. The highest BCUT2D eigenvalue weighted by atomic mass is 16.5. The van der Waals surface area contributed by atoms with Gasteiger partial charge in [-0.05, 0) is 50.4 Å². The molecule has 3 heterocycles. The van der Waals surface area contributed by atoms with Crippen molar-refractivity contribution in [3.05, 3.63) is 35.8 Å². The minimum atomic E-state index is -0.338. The number of esters is 1. The summed E-state index contributed by atoms with van der Waals surface area (Å²) in [5, 5.41) is 3.37. The summed E-state index contributed by atoms with van der Waals surface area (Å²) in [4.78, 5) is 16.4. The standard InChI is InChI=1S/C15H19N3O2/c1-20-15(19)13-3-2-8-18-10-12(17-14(13)18)9-11-4-6-16-7-5-11/h2-3,8,10-11,16H,4-7,9H2,1H3. The van der Waals surface area contributed by atoms with Crippen molar-refractivity contribution in [1.82, 2.24) is 14.7 Å². The molecule has 0 radical (unpaired) electrons. The third-order valence-electron chi connectivity index (χ3n) is 3.89. The first-order valence-electron chi connectivity index (χ1n) is 7.03. The Bertz CT molecular complexity index is 615. The van der Waals surface area contributed by atoms with Crippen molar-refractivity contribution in [2.45, 2.75) is 19.3 Å². The van der Waals surface area contributed by atoms with Gasteiger partial charge in [-0.1, -0.05) is 0 Å². The second-order valence-corrected chi connectivity index (χ2v) is 5.27. The van der Waals surface area contributed by atoms with E-state index in [0.29, 0.717) is 17.1 Å². The van der Waals surface area contributed by atoms with Crippen LogP contribution in [-0.2, 0) is 11.2 Å². The maximum absolute atomic E-state index is 11.7. The van der Waals surface area contributed by atoms with Crippen molar-refractivity contribution in [2.75, 3.05) is 20.2 Å². The Hall–Kier alpha value is -1.88. The van der Waals surface area contributed by atoms with Crippen LogP contribution in [0.25, 0.3) is 5.65 Å². The van der Waals surface area contributed by atoms with Gasteiger partial charge in [-0.25, -0.2) is 9.78 Å². The van der Waals surface area contributed by atoms with Crippen molar-refractivity contribution in [3.63, 3.8) is 0 Å². The zero-order chi connectivity index (χ0) is 13.9. The fraction of sp³-hybridized carbons (Fsp3) is 0.467. The van der Waals surface area contributed by atoms with Crippen molar-refractivity contribution >= 4 is 11.6 Å². The van der Waals surface area contributed by atoms with Gasteiger partial charge in [-0.15, -0.1) is 0 Å². The second-order valence-electron chi connectivity index (χ2n) is 5.27. The van der Waals surface area contributed by atoms with Crippen LogP contribution in [0.3, 0.4) is 0 Å². The molecular formula is C15H19N3O2. The molecule has 0 bridgehead atoms. The lowest BCUT2D eigenvalue weighted by atomic mass is 9.93. The fourth-order valence-electron chi connectivity index (χ4n) is 2.81. The van der Waals surface area contributed by atoms with Gasteiger partial charge in [0.15, 0.2) is 5.65 Å². The summed E-state index contributed by atoms with van der Waals surface area (Å²) in [6.07, 6.45) is 7.30. The Kier molecular flexibility index (Phi) is 3.69. The molecule has 0 unspecified atom stereocenters. The number of pyridine rings is 1. The lowest BCUT2D eigenvalue weighted by Gasteiger charge is -2.21. The highest BCUT2D eigenvalue weighted by Crippen LogP contribution is 2.19. The van der Waals surface area contributed by atoms with Crippen LogP contribution in [0.2, 0.25) is 0 Å². The number of hydrogen-bond donors (Lipinski definition) is 1. The lowest BCUT2D eigenvalue weighted by Crippen LogP contribution is -2.28. The number of aromatic nitrogens is 2. The minimum Gasteiger partial charge on any atom is -0.465 e. The molecule has 1 N–H and O–H groups in total. The molecule has 0 aliphatic carbocycles. The molecule has 20 heavy (non-hydrogen) atoms. The van der Waals surface area contributed by atoms with Gasteiger partial charge in [0.05, 0.1) is 12.8 Å². The van der Waals surface area contributed by atoms with E-state index in [9.17, 15) is 4.79 Å². The van der Waals surface area contributed by atoms with E-state index in [1.165, 1.54) is 20.0 Å². The highest BCUT2D eigenvalue weighted by Gasteiger charge is 2.17. The van der Waals surface area contributed by atoms with Gasteiger partial charge >= 0.3 is 5.97 Å². The number of methoxy groups -OCH3 is 1. The van der Waals surface area contributed by atoms with Crippen molar-refractivity contribution in [3.8, 4) is 0 Å². The molecule has 2 aromatic heterocycles. The summed E-state index contributed by atoms with van der Waals surface area (Å²) in [5.74, 6) is 0.345. The van der Waals surface area contributed by atoms with E-state index < -0.39 is 0 Å². The van der Waals surface area contributed by atoms with Crippen LogP contribution in [0.4, 0.5) is 0 Å². The Morgan fingerprint density at radius 2 is 2.30 bits per heavy atom. The van der Waals surface area contributed by atoms with Gasteiger partial charge in [0, 0.05) is 12.4 Å². The van der Waals surface area contributed by atoms with Gasteiger partial charge in [-0.3, -0.25) is 0 Å². The van der Waals surface area contributed by atoms with E-state index in [0.717, 1.165) is 25.2 Å². The van der Waals surface area contributed by atoms with E-state index in [1.807, 2.05) is 22.9 Å². The molecule has 0 atom stereocenters. The zero-order valence-electron chi connectivity index (χ0n) is 11.6. The van der Waals surface area contributed by atoms with E-state index in [1.54, 1.807) is 6.07 Å². The molecular weight excluding hydrogens is 254 g/mol. The van der Waals surface area contributed by atoms with Crippen LogP contribution in [0.15, 0.2) is 24.5 Å². The summed E-state index contributed by atoms with van der Waals surface area (Å²) in [5.41, 5.74) is 2.25. The van der Waals surface area contributed by atoms with Gasteiger partial charge in [0.2, 0.25) is 0 Å². The summed E-state index contributed by atoms with van der Waals surface area (Å²) >= 11 is 0. The normalized spacial score (nSPS) is 16.4. The Labute approximate surface area is 118 Å². The monoisotopic (exact) mass is 273 g/mol. The predicted octanol–water partition coefficient (Wildman–Crippen LogP) is 1.66. The minimum absolute atomic E-state index is 0.338. The summed E-state index contributed by atoms with van der Waals surface area (Å²) in [6.45, 7) is 2.18. The van der Waals surface area contributed by atoms with Crippen molar-refractivity contribution < 1.29 is 9.53 Å². The topological polar surface area (TPSA) is 55.6 Å². The van der Waals surface area contributed by atoms with Gasteiger partial charge in [0.1, 0.15) is 5.56 Å². The number of carbonyl (C=O) groups excluding carboxylic acids is 1. The number of hydrogen-bond acceptors (Lipinski definition) is 4. The SMILES string of the molecule is COC(=O)c1cccn2cc(CC3CCNCC3)nc12. The lowest BCUT2D eigenvalue weighted by molar-refractivity contribution is 0.0602. The van der Waals surface area contributed by atoms with Gasteiger partial charge in [-0.2, -0.15) is 0 Å². The summed E-state index contributed by atoms with van der Waals surface area (Å²) in [6, 6.07) is 3.59. The number of piperidine rings is 1. The molecule has 0 amide bonds. The van der Waals surface area contributed by atoms with E-state index >= 15 is 0 Å². The molecule has 1 aliphatic rings. The van der Waals surface area contributed by atoms with Crippen LogP contribution in [0.1, 0.15) is 28.9 Å². The Morgan fingerprint density at radius 3 is 3.05 bits per heavy atom. The number of ether oxygens (including phenoxy) is 1. The van der Waals surface area contributed by atoms with E-state index in [4.69, 9.17) is 4.74 Å². The summed E-state index contributed by atoms with van der Waals surface area (Å²) < 4.78 is 6.71. The molecule has 1 saturated heterocycles. The molecule has 106 valence electrons. The molecule has 1 aliphatic heterocycles. The van der Waals surface area contributed by atoms with Gasteiger partial charge in [0.25, 0.3) is 0 Å². The van der Waals surface area contributed by atoms with Crippen LogP contribution < -0.4 is 5.32 Å². The van der Waals surface area contributed by atoms with Crippen LogP contribution in [0, 0.1) is 5.92 Å². The molecule has 1 fully saturated rings.